The van der Waals surface area contributed by atoms with Crippen LogP contribution in [0.2, 0.25) is 0 Å². The van der Waals surface area contributed by atoms with Crippen LogP contribution in [0.3, 0.4) is 0 Å². The first-order valence-electron chi connectivity index (χ1n) is 5.26. The van der Waals surface area contributed by atoms with Gasteiger partial charge >= 0.3 is 0 Å². The summed E-state index contributed by atoms with van der Waals surface area (Å²) < 4.78 is 0. The Morgan fingerprint density at radius 3 is 2.54 bits per heavy atom. The summed E-state index contributed by atoms with van der Waals surface area (Å²) in [6.07, 6.45) is 4.45. The second kappa shape index (κ2) is 6.01. The minimum absolute atomic E-state index is 0.274. The predicted molar refractivity (Wildman–Crippen MR) is 53.5 cm³/mol. The molecule has 0 unspecified atom stereocenters. The van der Waals surface area contributed by atoms with Gasteiger partial charge in [-0.3, -0.25) is 0 Å². The molecule has 0 amide bonds. The van der Waals surface area contributed by atoms with E-state index in [0.29, 0.717) is 6.42 Å². The lowest BCUT2D eigenvalue weighted by molar-refractivity contribution is -0.897. The van der Waals surface area contributed by atoms with Crippen LogP contribution >= 0.6 is 0 Å². The molecule has 1 aliphatic heterocycles. The minimum Gasteiger partial charge on any atom is -0.392 e. The Morgan fingerprint density at radius 1 is 1.23 bits per heavy atom. The maximum Gasteiger partial charge on any atom is 0.139 e. The molecule has 0 spiro atoms. The average Bonchev–Trinajstić information content (AvgIpc) is 2.14. The monoisotopic (exact) mass is 182 g/mol. The maximum atomic E-state index is 8.98. The van der Waals surface area contributed by atoms with Crippen LogP contribution in [0.5, 0.6) is 0 Å². The molecule has 0 bridgehead atoms. The van der Waals surface area contributed by atoms with Crippen LogP contribution in [0, 0.1) is 11.8 Å². The van der Waals surface area contributed by atoms with E-state index in [4.69, 9.17) is 5.11 Å². The first-order valence-corrected chi connectivity index (χ1v) is 5.26. The summed E-state index contributed by atoms with van der Waals surface area (Å²) in [6.45, 7) is 5.31. The van der Waals surface area contributed by atoms with Crippen molar-refractivity contribution < 1.29 is 10.0 Å². The largest absolute Gasteiger partial charge is 0.392 e. The van der Waals surface area contributed by atoms with Gasteiger partial charge in [-0.05, 0) is 32.1 Å². The molecule has 1 aliphatic rings. The van der Waals surface area contributed by atoms with E-state index in [2.05, 4.69) is 11.8 Å². The molecule has 0 aromatic heterocycles. The molecule has 13 heavy (non-hydrogen) atoms. The summed E-state index contributed by atoms with van der Waals surface area (Å²) in [4.78, 5) is 1.62. The molecule has 74 valence electrons. The zero-order chi connectivity index (χ0) is 9.52. The van der Waals surface area contributed by atoms with E-state index in [1.165, 1.54) is 32.4 Å². The van der Waals surface area contributed by atoms with E-state index in [1.807, 2.05) is 0 Å². The van der Waals surface area contributed by atoms with Gasteiger partial charge in [0.2, 0.25) is 0 Å². The van der Waals surface area contributed by atoms with Crippen LogP contribution < -0.4 is 4.90 Å². The van der Waals surface area contributed by atoms with Gasteiger partial charge in [0.05, 0.1) is 19.2 Å². The molecule has 0 aromatic rings. The molecular formula is C11H20NO+. The standard InChI is InChI=1S/C11H19NO/c1-11(13)7-3-6-10-12-8-4-2-5-9-12/h11,13H,2,4-5,7-10H2,1H3/p+1/t11-/m0/s1. The lowest BCUT2D eigenvalue weighted by Gasteiger charge is -2.20. The SMILES string of the molecule is C[C@H](O)CC#CC[NH+]1CCCCC1. The molecule has 1 heterocycles. The summed E-state index contributed by atoms with van der Waals surface area (Å²) in [6, 6.07) is 0. The van der Waals surface area contributed by atoms with Gasteiger partial charge in [0, 0.05) is 6.42 Å². The van der Waals surface area contributed by atoms with Gasteiger partial charge in [0.25, 0.3) is 0 Å². The number of rotatable bonds is 2. The maximum absolute atomic E-state index is 8.98. The van der Waals surface area contributed by atoms with Crippen molar-refractivity contribution >= 4 is 0 Å². The number of aliphatic hydroxyl groups excluding tert-OH is 1. The molecule has 0 saturated carbocycles. The third-order valence-corrected chi connectivity index (χ3v) is 2.42. The van der Waals surface area contributed by atoms with Gasteiger partial charge in [-0.15, -0.1) is 0 Å². The molecule has 1 atom stereocenters. The van der Waals surface area contributed by atoms with Gasteiger partial charge in [-0.2, -0.15) is 0 Å². The molecule has 2 heteroatoms. The Kier molecular flexibility index (Phi) is 4.88. The summed E-state index contributed by atoms with van der Waals surface area (Å²) >= 11 is 0. The first-order chi connectivity index (χ1) is 6.29. The zero-order valence-electron chi connectivity index (χ0n) is 8.47. The Morgan fingerprint density at radius 2 is 1.92 bits per heavy atom. The number of piperidine rings is 1. The fraction of sp³-hybridized carbons (Fsp3) is 0.818. The van der Waals surface area contributed by atoms with Gasteiger partial charge in [-0.1, -0.05) is 5.92 Å². The Bertz CT molecular complexity index is 184. The van der Waals surface area contributed by atoms with Crippen molar-refractivity contribution in [3.05, 3.63) is 0 Å². The van der Waals surface area contributed by atoms with Gasteiger partial charge in [0.15, 0.2) is 0 Å². The Hall–Kier alpha value is -0.520. The molecule has 2 nitrogen and oxygen atoms in total. The second-order valence-corrected chi connectivity index (χ2v) is 3.89. The smallest absolute Gasteiger partial charge is 0.139 e. The number of nitrogens with one attached hydrogen (secondary N) is 1. The van der Waals surface area contributed by atoms with E-state index in [0.717, 1.165) is 6.54 Å². The first kappa shape index (κ1) is 10.6. The zero-order valence-corrected chi connectivity index (χ0v) is 8.47. The highest BCUT2D eigenvalue weighted by Crippen LogP contribution is 1.93. The number of aliphatic hydroxyl groups is 1. The number of likely N-dealkylation sites (tertiary alicyclic amines) is 1. The highest BCUT2D eigenvalue weighted by atomic mass is 16.3. The van der Waals surface area contributed by atoms with E-state index in [1.54, 1.807) is 11.8 Å². The van der Waals surface area contributed by atoms with Crippen LogP contribution in [0.1, 0.15) is 32.6 Å². The van der Waals surface area contributed by atoms with Crippen molar-refractivity contribution in [3.8, 4) is 11.8 Å². The van der Waals surface area contributed by atoms with E-state index in [-0.39, 0.29) is 6.10 Å². The van der Waals surface area contributed by atoms with Crippen LogP contribution in [0.25, 0.3) is 0 Å². The molecule has 2 N–H and O–H groups in total. The predicted octanol–water partition coefficient (Wildman–Crippen LogP) is -0.171. The number of quaternary nitrogens is 1. The van der Waals surface area contributed by atoms with E-state index >= 15 is 0 Å². The van der Waals surface area contributed by atoms with Crippen LogP contribution in [-0.2, 0) is 0 Å². The van der Waals surface area contributed by atoms with Crippen molar-refractivity contribution in [2.24, 2.45) is 0 Å². The number of hydrogen-bond donors (Lipinski definition) is 2. The summed E-state index contributed by atoms with van der Waals surface area (Å²) in [7, 11) is 0. The lowest BCUT2D eigenvalue weighted by atomic mass is 10.1. The van der Waals surface area contributed by atoms with Crippen molar-refractivity contribution in [1.29, 1.82) is 0 Å². The van der Waals surface area contributed by atoms with Crippen molar-refractivity contribution in [2.75, 3.05) is 19.6 Å². The van der Waals surface area contributed by atoms with Gasteiger partial charge < -0.3 is 10.0 Å². The Balaban J connectivity index is 2.11. The Labute approximate surface area is 80.9 Å². The van der Waals surface area contributed by atoms with E-state index in [9.17, 15) is 0 Å². The fourth-order valence-corrected chi connectivity index (χ4v) is 1.64. The topological polar surface area (TPSA) is 24.7 Å². The molecule has 0 aliphatic carbocycles. The molecule has 0 radical (unpaired) electrons. The second-order valence-electron chi connectivity index (χ2n) is 3.89. The summed E-state index contributed by atoms with van der Waals surface area (Å²) in [5, 5.41) is 8.98. The number of hydrogen-bond acceptors (Lipinski definition) is 1. The van der Waals surface area contributed by atoms with E-state index < -0.39 is 0 Å². The van der Waals surface area contributed by atoms with Crippen molar-refractivity contribution in [2.45, 2.75) is 38.7 Å². The third kappa shape index (κ3) is 4.92. The lowest BCUT2D eigenvalue weighted by Crippen LogP contribution is -3.12. The minimum atomic E-state index is -0.274. The van der Waals surface area contributed by atoms with Crippen molar-refractivity contribution in [1.82, 2.24) is 0 Å². The van der Waals surface area contributed by atoms with Crippen molar-refractivity contribution in [3.63, 3.8) is 0 Å². The van der Waals surface area contributed by atoms with Crippen LogP contribution in [0.4, 0.5) is 0 Å². The van der Waals surface area contributed by atoms with Crippen LogP contribution in [0.15, 0.2) is 0 Å². The molecule has 1 rings (SSSR count). The van der Waals surface area contributed by atoms with Gasteiger partial charge in [-0.25, -0.2) is 0 Å². The third-order valence-electron chi connectivity index (χ3n) is 2.42. The summed E-state index contributed by atoms with van der Waals surface area (Å²) in [5.41, 5.74) is 0. The highest BCUT2D eigenvalue weighted by Gasteiger charge is 2.10. The quantitative estimate of drug-likeness (QED) is 0.569. The molecule has 0 aromatic carbocycles. The van der Waals surface area contributed by atoms with Crippen LogP contribution in [-0.4, -0.2) is 30.8 Å². The average molecular weight is 182 g/mol. The molecule has 1 saturated heterocycles. The highest BCUT2D eigenvalue weighted by molar-refractivity contribution is 4.99. The summed E-state index contributed by atoms with van der Waals surface area (Å²) in [5.74, 6) is 6.15. The van der Waals surface area contributed by atoms with Gasteiger partial charge in [0.1, 0.15) is 6.54 Å². The fourth-order valence-electron chi connectivity index (χ4n) is 1.64. The molecular weight excluding hydrogens is 162 g/mol. The normalized spacial score (nSPS) is 20.5. The molecule has 1 fully saturated rings.